The molecule has 1 aromatic rings. The number of ether oxygens (including phenoxy) is 1. The predicted molar refractivity (Wildman–Crippen MR) is 106 cm³/mol. The van der Waals surface area contributed by atoms with Gasteiger partial charge in [-0.25, -0.2) is 9.18 Å². The second-order valence-electron chi connectivity index (χ2n) is 8.27. The van der Waals surface area contributed by atoms with Gasteiger partial charge in [-0.2, -0.15) is 0 Å². The van der Waals surface area contributed by atoms with Gasteiger partial charge in [0, 0.05) is 13.0 Å². The standard InChI is InChI=1S/C21H28FNO5S/c1-3-9-21(11-10-20(2,19(25)26)28-14-21)18(24)23-12-8-17(13-23)29(27)16-6-4-15(22)5-7-16/h4-7,17H,3,8-14H2,1-2H3,(H,25,26). The van der Waals surface area contributed by atoms with Crippen LogP contribution in [-0.2, 0) is 25.5 Å². The summed E-state index contributed by atoms with van der Waals surface area (Å²) in [6, 6.07) is 5.63. The number of carboxylic acids is 1. The summed E-state index contributed by atoms with van der Waals surface area (Å²) in [5.41, 5.74) is -1.98. The lowest BCUT2D eigenvalue weighted by molar-refractivity contribution is -0.187. The molecule has 2 saturated heterocycles. The molecule has 0 aliphatic carbocycles. The Morgan fingerprint density at radius 2 is 2.03 bits per heavy atom. The molecule has 8 heteroatoms. The quantitative estimate of drug-likeness (QED) is 0.708. The molecule has 2 aliphatic heterocycles. The Balaban J connectivity index is 1.68. The number of carbonyl (C=O) groups excluding carboxylic acids is 1. The number of amides is 1. The van der Waals surface area contributed by atoms with Crippen LogP contribution < -0.4 is 0 Å². The second-order valence-corrected chi connectivity index (χ2v) is 10.0. The van der Waals surface area contributed by atoms with Crippen molar-refractivity contribution in [1.29, 1.82) is 0 Å². The van der Waals surface area contributed by atoms with Crippen LogP contribution in [0, 0.1) is 11.2 Å². The van der Waals surface area contributed by atoms with E-state index in [1.54, 1.807) is 11.8 Å². The van der Waals surface area contributed by atoms with E-state index in [2.05, 4.69) is 0 Å². The van der Waals surface area contributed by atoms with Crippen molar-refractivity contribution in [3.05, 3.63) is 30.1 Å². The summed E-state index contributed by atoms with van der Waals surface area (Å²) in [6.45, 7) is 4.52. The van der Waals surface area contributed by atoms with Crippen LogP contribution in [0.2, 0.25) is 0 Å². The van der Waals surface area contributed by atoms with Crippen molar-refractivity contribution in [2.45, 2.75) is 61.7 Å². The molecular formula is C21H28FNO5S. The minimum absolute atomic E-state index is 0.0367. The number of hydrogen-bond donors (Lipinski definition) is 1. The van der Waals surface area contributed by atoms with Crippen molar-refractivity contribution < 1.29 is 28.4 Å². The van der Waals surface area contributed by atoms with Crippen molar-refractivity contribution >= 4 is 23.1 Å². The van der Waals surface area contributed by atoms with Gasteiger partial charge >= 0.3 is 5.97 Å². The molecule has 3 rings (SSSR count). The maximum atomic E-state index is 13.4. The number of carbonyl (C=O) groups is 2. The minimum Gasteiger partial charge on any atom is -0.611 e. The van der Waals surface area contributed by atoms with Gasteiger partial charge in [-0.05, 0) is 61.6 Å². The smallest absolute Gasteiger partial charge is 0.335 e. The third-order valence-corrected chi connectivity index (χ3v) is 7.89. The highest BCUT2D eigenvalue weighted by Crippen LogP contribution is 2.42. The number of carboxylic acid groups (broad SMARTS) is 1. The minimum atomic E-state index is -1.31. The Labute approximate surface area is 173 Å². The number of hydrogen-bond acceptors (Lipinski definition) is 4. The fraction of sp³-hybridized carbons (Fsp3) is 0.619. The van der Waals surface area contributed by atoms with Gasteiger partial charge in [-0.15, -0.1) is 0 Å². The summed E-state index contributed by atoms with van der Waals surface area (Å²) in [6.07, 6.45) is 2.78. The van der Waals surface area contributed by atoms with Gasteiger partial charge in [-0.1, -0.05) is 13.3 Å². The number of likely N-dealkylation sites (tertiary alicyclic amines) is 1. The van der Waals surface area contributed by atoms with E-state index in [0.717, 1.165) is 6.42 Å². The van der Waals surface area contributed by atoms with E-state index in [9.17, 15) is 23.6 Å². The molecule has 0 aromatic heterocycles. The summed E-state index contributed by atoms with van der Waals surface area (Å²) in [4.78, 5) is 27.2. The Morgan fingerprint density at radius 3 is 2.59 bits per heavy atom. The van der Waals surface area contributed by atoms with E-state index < -0.39 is 28.2 Å². The fourth-order valence-corrected chi connectivity index (χ4v) is 5.65. The van der Waals surface area contributed by atoms with Gasteiger partial charge in [0.15, 0.2) is 10.5 Å². The molecule has 0 spiro atoms. The van der Waals surface area contributed by atoms with Crippen LogP contribution in [0.3, 0.4) is 0 Å². The molecule has 1 amide bonds. The molecule has 4 unspecified atom stereocenters. The molecule has 0 saturated carbocycles. The van der Waals surface area contributed by atoms with E-state index in [-0.39, 0.29) is 30.0 Å². The molecule has 1 N–H and O–H groups in total. The van der Waals surface area contributed by atoms with Crippen LogP contribution in [0.1, 0.15) is 46.0 Å². The Hall–Kier alpha value is -1.64. The van der Waals surface area contributed by atoms with E-state index in [1.807, 2.05) is 6.92 Å². The van der Waals surface area contributed by atoms with Crippen molar-refractivity contribution in [1.82, 2.24) is 4.90 Å². The topological polar surface area (TPSA) is 89.9 Å². The van der Waals surface area contributed by atoms with Gasteiger partial charge in [0.05, 0.1) is 18.6 Å². The van der Waals surface area contributed by atoms with Crippen molar-refractivity contribution in [3.8, 4) is 0 Å². The number of halogens is 1. The van der Waals surface area contributed by atoms with Gasteiger partial charge in [0.25, 0.3) is 0 Å². The van der Waals surface area contributed by atoms with Crippen LogP contribution in [0.4, 0.5) is 4.39 Å². The zero-order chi connectivity index (χ0) is 21.2. The SMILES string of the molecule is CCCC1(C(=O)N2CCC([S+]([O-])c3ccc(F)cc3)C2)CCC(C)(C(=O)O)OC1. The molecule has 2 aliphatic rings. The predicted octanol–water partition coefficient (Wildman–Crippen LogP) is 2.97. The summed E-state index contributed by atoms with van der Waals surface area (Å²) >= 11 is -1.31. The zero-order valence-electron chi connectivity index (χ0n) is 16.9. The molecule has 4 atom stereocenters. The molecule has 1 aromatic carbocycles. The van der Waals surface area contributed by atoms with Gasteiger partial charge in [-0.3, -0.25) is 4.79 Å². The van der Waals surface area contributed by atoms with E-state index in [4.69, 9.17) is 4.74 Å². The fourth-order valence-electron chi connectivity index (χ4n) is 4.22. The normalized spacial score (nSPS) is 30.9. The lowest BCUT2D eigenvalue weighted by Crippen LogP contribution is -2.54. The second kappa shape index (κ2) is 8.62. The van der Waals surface area contributed by atoms with E-state index in [0.29, 0.717) is 37.2 Å². The molecule has 29 heavy (non-hydrogen) atoms. The van der Waals surface area contributed by atoms with Crippen LogP contribution >= 0.6 is 0 Å². The first-order valence-electron chi connectivity index (χ1n) is 10.0. The number of aliphatic carboxylic acids is 1. The third-order valence-electron chi connectivity index (χ3n) is 6.16. The zero-order valence-corrected chi connectivity index (χ0v) is 17.7. The van der Waals surface area contributed by atoms with Gasteiger partial charge in [0.2, 0.25) is 5.91 Å². The highest BCUT2D eigenvalue weighted by molar-refractivity contribution is 7.92. The average molecular weight is 426 g/mol. The number of rotatable bonds is 6. The average Bonchev–Trinajstić information content (AvgIpc) is 3.19. The maximum absolute atomic E-state index is 13.4. The summed E-state index contributed by atoms with van der Waals surface area (Å²) in [5.74, 6) is -1.42. The monoisotopic (exact) mass is 425 g/mol. The van der Waals surface area contributed by atoms with Crippen LogP contribution in [-0.4, -0.2) is 57.0 Å². The Bertz CT molecular complexity index is 748. The lowest BCUT2D eigenvalue weighted by Gasteiger charge is -2.43. The first kappa shape index (κ1) is 22.1. The Kier molecular flexibility index (Phi) is 6.55. The van der Waals surface area contributed by atoms with Gasteiger partial charge in [0.1, 0.15) is 11.1 Å². The van der Waals surface area contributed by atoms with Crippen LogP contribution in [0.15, 0.2) is 29.2 Å². The van der Waals surface area contributed by atoms with Crippen molar-refractivity contribution in [2.75, 3.05) is 19.7 Å². The number of benzene rings is 1. The highest BCUT2D eigenvalue weighted by Gasteiger charge is 2.51. The first-order valence-corrected chi connectivity index (χ1v) is 11.2. The number of nitrogens with zero attached hydrogens (tertiary/aromatic N) is 1. The van der Waals surface area contributed by atoms with Gasteiger partial charge < -0.3 is 19.3 Å². The molecule has 0 bridgehead atoms. The summed E-state index contributed by atoms with van der Waals surface area (Å²) in [7, 11) is 0. The lowest BCUT2D eigenvalue weighted by atomic mass is 9.73. The maximum Gasteiger partial charge on any atom is 0.335 e. The first-order chi connectivity index (χ1) is 13.7. The molecule has 0 radical (unpaired) electrons. The third kappa shape index (κ3) is 4.44. The molecule has 2 heterocycles. The van der Waals surface area contributed by atoms with Crippen LogP contribution in [0.25, 0.3) is 0 Å². The van der Waals surface area contributed by atoms with E-state index >= 15 is 0 Å². The Morgan fingerprint density at radius 1 is 1.34 bits per heavy atom. The summed E-state index contributed by atoms with van der Waals surface area (Å²) in [5, 5.41) is 9.19. The molecule has 160 valence electrons. The molecule has 2 fully saturated rings. The van der Waals surface area contributed by atoms with Crippen molar-refractivity contribution in [2.24, 2.45) is 5.41 Å². The molecular weight excluding hydrogens is 397 g/mol. The summed E-state index contributed by atoms with van der Waals surface area (Å²) < 4.78 is 31.6. The largest absolute Gasteiger partial charge is 0.611 e. The van der Waals surface area contributed by atoms with Crippen LogP contribution in [0.5, 0.6) is 0 Å². The van der Waals surface area contributed by atoms with E-state index in [1.165, 1.54) is 24.3 Å². The van der Waals surface area contributed by atoms with Crippen molar-refractivity contribution in [3.63, 3.8) is 0 Å². The molecule has 6 nitrogen and oxygen atoms in total. The highest BCUT2D eigenvalue weighted by atomic mass is 32.2.